The number of nitrogens with two attached hydrogens (primary N) is 1. The Morgan fingerprint density at radius 3 is 1.97 bits per heavy atom. The van der Waals surface area contributed by atoms with Crippen LogP contribution in [0.5, 0.6) is 0 Å². The number of nitrogens with one attached hydrogen (secondary N) is 2. The zero-order valence-electron chi connectivity index (χ0n) is 20.6. The molecule has 10 heteroatoms. The number of carbonyl (C=O) groups is 2. The van der Waals surface area contributed by atoms with Gasteiger partial charge in [0.15, 0.2) is 0 Å². The van der Waals surface area contributed by atoms with E-state index >= 15 is 0 Å². The third-order valence-electron chi connectivity index (χ3n) is 4.36. The average molecular weight is 464 g/mol. The molecule has 10 nitrogen and oxygen atoms in total. The quantitative estimate of drug-likeness (QED) is 0.264. The van der Waals surface area contributed by atoms with E-state index in [4.69, 9.17) is 29.4 Å². The molecule has 190 valence electrons. The summed E-state index contributed by atoms with van der Waals surface area (Å²) in [6.07, 6.45) is 1.14. The molecule has 2 unspecified atom stereocenters. The molecule has 0 aliphatic rings. The largest absolute Gasteiger partial charge is 0.447 e. The molecule has 2 amide bonds. The Labute approximate surface area is 193 Å². The molecule has 0 fully saturated rings. The molecule has 0 saturated heterocycles. The van der Waals surface area contributed by atoms with E-state index in [2.05, 4.69) is 24.5 Å². The number of alkyl carbamates (subject to hydrolysis) is 2. The lowest BCUT2D eigenvalue weighted by atomic mass is 9.94. The fourth-order valence-corrected chi connectivity index (χ4v) is 2.67. The van der Waals surface area contributed by atoms with Crippen molar-refractivity contribution < 1.29 is 33.3 Å². The van der Waals surface area contributed by atoms with Crippen LogP contribution in [0, 0.1) is 11.8 Å². The van der Waals surface area contributed by atoms with E-state index < -0.39 is 17.8 Å². The van der Waals surface area contributed by atoms with Crippen molar-refractivity contribution >= 4 is 12.2 Å². The number of hydrogen-bond donors (Lipinski definition) is 3. The van der Waals surface area contributed by atoms with Crippen LogP contribution in [0.1, 0.15) is 47.5 Å². The minimum absolute atomic E-state index is 0.189. The van der Waals surface area contributed by atoms with Gasteiger partial charge in [0.2, 0.25) is 0 Å². The molecule has 2 atom stereocenters. The smallest absolute Gasteiger partial charge is 0.407 e. The Morgan fingerprint density at radius 2 is 1.44 bits per heavy atom. The maximum Gasteiger partial charge on any atom is 0.407 e. The summed E-state index contributed by atoms with van der Waals surface area (Å²) in [6, 6.07) is 0. The monoisotopic (exact) mass is 463 g/mol. The average Bonchev–Trinajstić information content (AvgIpc) is 2.72. The van der Waals surface area contributed by atoms with E-state index in [-0.39, 0.29) is 6.61 Å². The maximum absolute atomic E-state index is 11.7. The van der Waals surface area contributed by atoms with E-state index in [1.165, 1.54) is 0 Å². The molecule has 0 radical (unpaired) electrons. The van der Waals surface area contributed by atoms with E-state index in [0.717, 1.165) is 12.8 Å². The highest BCUT2D eigenvalue weighted by molar-refractivity contribution is 5.67. The van der Waals surface area contributed by atoms with Gasteiger partial charge in [0.05, 0.1) is 39.6 Å². The first kappa shape index (κ1) is 30.4. The summed E-state index contributed by atoms with van der Waals surface area (Å²) in [4.78, 5) is 23.1. The highest BCUT2D eigenvalue weighted by Crippen LogP contribution is 2.13. The second-order valence-electron chi connectivity index (χ2n) is 8.63. The minimum Gasteiger partial charge on any atom is -0.447 e. The molecule has 0 aliphatic heterocycles. The van der Waals surface area contributed by atoms with Gasteiger partial charge in [-0.05, 0) is 45.6 Å². The van der Waals surface area contributed by atoms with Crippen molar-refractivity contribution in [1.29, 1.82) is 0 Å². The number of amides is 2. The Hall–Kier alpha value is -1.62. The van der Waals surface area contributed by atoms with Gasteiger partial charge in [0, 0.05) is 13.1 Å². The van der Waals surface area contributed by atoms with Gasteiger partial charge in [0.25, 0.3) is 0 Å². The van der Waals surface area contributed by atoms with Crippen molar-refractivity contribution in [3.8, 4) is 0 Å². The standard InChI is InChI=1S/C22H45N3O7/c1-6-19(16-23)15-18(2)17-25-20(26)31-14-13-30-12-11-29-10-9-28-8-7-24-21(27)32-22(3,4)5/h18-19H,6-17,23H2,1-5H3,(H,24,27)(H,25,26). The molecule has 0 rings (SSSR count). The lowest BCUT2D eigenvalue weighted by molar-refractivity contribution is 0.00552. The lowest BCUT2D eigenvalue weighted by Crippen LogP contribution is -2.34. The molecular formula is C22H45N3O7. The maximum atomic E-state index is 11.7. The Kier molecular flexibility index (Phi) is 17.9. The third-order valence-corrected chi connectivity index (χ3v) is 4.36. The topological polar surface area (TPSA) is 130 Å². The minimum atomic E-state index is -0.513. The Balaban J connectivity index is 3.40. The van der Waals surface area contributed by atoms with Crippen LogP contribution in [0.15, 0.2) is 0 Å². The van der Waals surface area contributed by atoms with Crippen molar-refractivity contribution in [2.45, 2.75) is 53.1 Å². The highest BCUT2D eigenvalue weighted by Gasteiger charge is 2.15. The summed E-state index contributed by atoms with van der Waals surface area (Å²) >= 11 is 0. The number of carbonyl (C=O) groups excluding carboxylic acids is 2. The van der Waals surface area contributed by atoms with Crippen molar-refractivity contribution in [2.75, 3.05) is 65.9 Å². The number of ether oxygens (including phenoxy) is 5. The lowest BCUT2D eigenvalue weighted by Gasteiger charge is -2.19. The van der Waals surface area contributed by atoms with Gasteiger partial charge < -0.3 is 40.1 Å². The molecule has 0 bridgehead atoms. The van der Waals surface area contributed by atoms with Gasteiger partial charge in [-0.2, -0.15) is 0 Å². The zero-order valence-corrected chi connectivity index (χ0v) is 20.6. The van der Waals surface area contributed by atoms with Gasteiger partial charge in [-0.1, -0.05) is 20.3 Å². The molecule has 0 aromatic rings. The molecule has 0 aliphatic carbocycles. The van der Waals surface area contributed by atoms with Crippen LogP contribution in [-0.2, 0) is 23.7 Å². The van der Waals surface area contributed by atoms with Crippen LogP contribution in [-0.4, -0.2) is 83.7 Å². The molecule has 0 aromatic heterocycles. The predicted molar refractivity (Wildman–Crippen MR) is 123 cm³/mol. The second kappa shape index (κ2) is 18.9. The Bertz CT molecular complexity index is 483. The van der Waals surface area contributed by atoms with Crippen LogP contribution in [0.3, 0.4) is 0 Å². The van der Waals surface area contributed by atoms with Crippen LogP contribution in [0.25, 0.3) is 0 Å². The van der Waals surface area contributed by atoms with Gasteiger partial charge in [-0.25, -0.2) is 9.59 Å². The summed E-state index contributed by atoms with van der Waals surface area (Å²) < 4.78 is 26.3. The summed E-state index contributed by atoms with van der Waals surface area (Å²) in [7, 11) is 0. The van der Waals surface area contributed by atoms with Crippen LogP contribution < -0.4 is 16.4 Å². The summed E-state index contributed by atoms with van der Waals surface area (Å²) in [6.45, 7) is 13.8. The first-order chi connectivity index (χ1) is 15.2. The molecule has 0 aromatic carbocycles. The molecular weight excluding hydrogens is 418 g/mol. The molecule has 4 N–H and O–H groups in total. The van der Waals surface area contributed by atoms with Crippen molar-refractivity contribution in [1.82, 2.24) is 10.6 Å². The Morgan fingerprint density at radius 1 is 0.875 bits per heavy atom. The SMILES string of the molecule is CCC(CN)CC(C)CNC(=O)OCCOCCOCCOCCNC(=O)OC(C)(C)C. The summed E-state index contributed by atoms with van der Waals surface area (Å²) in [5, 5.41) is 5.38. The normalized spacial score (nSPS) is 13.3. The van der Waals surface area contributed by atoms with E-state index in [0.29, 0.717) is 71.1 Å². The number of hydrogen-bond acceptors (Lipinski definition) is 8. The summed E-state index contributed by atoms with van der Waals surface area (Å²) in [5.41, 5.74) is 5.20. The number of rotatable bonds is 18. The molecule has 0 heterocycles. The second-order valence-corrected chi connectivity index (χ2v) is 8.63. The van der Waals surface area contributed by atoms with Gasteiger partial charge in [0.1, 0.15) is 12.2 Å². The van der Waals surface area contributed by atoms with Gasteiger partial charge in [-0.3, -0.25) is 0 Å². The van der Waals surface area contributed by atoms with Crippen LogP contribution in [0.4, 0.5) is 9.59 Å². The molecule has 0 spiro atoms. The zero-order chi connectivity index (χ0) is 24.2. The highest BCUT2D eigenvalue weighted by atomic mass is 16.6. The van der Waals surface area contributed by atoms with Gasteiger partial charge >= 0.3 is 12.2 Å². The first-order valence-corrected chi connectivity index (χ1v) is 11.5. The van der Waals surface area contributed by atoms with E-state index in [1.54, 1.807) is 0 Å². The molecule has 0 saturated carbocycles. The van der Waals surface area contributed by atoms with Crippen LogP contribution >= 0.6 is 0 Å². The van der Waals surface area contributed by atoms with Crippen molar-refractivity contribution in [3.63, 3.8) is 0 Å². The van der Waals surface area contributed by atoms with E-state index in [1.807, 2.05) is 20.8 Å². The third kappa shape index (κ3) is 20.3. The fourth-order valence-electron chi connectivity index (χ4n) is 2.67. The predicted octanol–water partition coefficient (Wildman–Crippen LogP) is 2.30. The first-order valence-electron chi connectivity index (χ1n) is 11.5. The van der Waals surface area contributed by atoms with Gasteiger partial charge in [-0.15, -0.1) is 0 Å². The molecule has 32 heavy (non-hydrogen) atoms. The van der Waals surface area contributed by atoms with Crippen LogP contribution in [0.2, 0.25) is 0 Å². The van der Waals surface area contributed by atoms with Crippen molar-refractivity contribution in [2.24, 2.45) is 17.6 Å². The van der Waals surface area contributed by atoms with Crippen molar-refractivity contribution in [3.05, 3.63) is 0 Å². The van der Waals surface area contributed by atoms with E-state index in [9.17, 15) is 9.59 Å². The fraction of sp³-hybridized carbons (Fsp3) is 0.909. The summed E-state index contributed by atoms with van der Waals surface area (Å²) in [5.74, 6) is 0.848.